The average molecular weight is 693 g/mol. The molecule has 4 aliphatic rings. The highest BCUT2D eigenvalue weighted by atomic mass is 79.9. The summed E-state index contributed by atoms with van der Waals surface area (Å²) in [6.07, 6.45) is 3.55. The lowest BCUT2D eigenvalue weighted by Crippen LogP contribution is -2.63. The molecule has 1 aliphatic heterocycles. The van der Waals surface area contributed by atoms with Crippen LogP contribution in [0.1, 0.15) is 77.9 Å². The molecule has 45 heavy (non-hydrogen) atoms. The molecule has 1 saturated carbocycles. The number of H-pyrrole nitrogens is 1. The van der Waals surface area contributed by atoms with Crippen molar-refractivity contribution in [3.63, 3.8) is 0 Å². The zero-order valence-electron chi connectivity index (χ0n) is 25.9. The number of rotatable bonds is 9. The van der Waals surface area contributed by atoms with Crippen LogP contribution in [0, 0.1) is 17.7 Å². The summed E-state index contributed by atoms with van der Waals surface area (Å²) in [6.45, 7) is 3.91. The third-order valence-electron chi connectivity index (χ3n) is 10.0. The maximum absolute atomic E-state index is 16.7. The quantitative estimate of drug-likeness (QED) is 0.261. The molecule has 2 heterocycles. The normalized spacial score (nSPS) is 27.9. The number of aromatic amines is 1. The molecule has 1 aromatic heterocycles. The van der Waals surface area contributed by atoms with Crippen LogP contribution >= 0.6 is 15.9 Å². The fourth-order valence-electron chi connectivity index (χ4n) is 7.85. The second kappa shape index (κ2) is 12.1. The highest BCUT2D eigenvalue weighted by Gasteiger charge is 2.65. The summed E-state index contributed by atoms with van der Waals surface area (Å²) >= 11 is 3.58. The maximum atomic E-state index is 16.7. The number of Topliss-reactive ketones (excluding diaryl/α,β-unsaturated/α-hetero) is 2. The standard InChI is InChI=1S/C32H39BrFN3O8/c1-5-6-10-44-27-21-17(24(34)18(23(27)33)13-37-9-7-8-16(37)14-43-4)11-15-12-19-25(36(2)3)28-22(31(41)35-45-28)30(40)32(19,42)29(39)20(15)26(21)38/h15-16,19,25,38,42H,5-14H2,1-4H3,(H,35,41)/t15-,16-,19-,25-,32-/m0/s1. The Hall–Kier alpha value is -2.84. The fourth-order valence-corrected chi connectivity index (χ4v) is 8.46. The van der Waals surface area contributed by atoms with Crippen LogP contribution in [-0.4, -0.2) is 89.3 Å². The molecule has 3 N–H and O–H groups in total. The number of aromatic nitrogens is 1. The van der Waals surface area contributed by atoms with Gasteiger partial charge in [0.15, 0.2) is 11.4 Å². The summed E-state index contributed by atoms with van der Waals surface area (Å²) in [5, 5.41) is 26.0. The van der Waals surface area contributed by atoms with Crippen LogP contribution in [-0.2, 0) is 22.5 Å². The predicted octanol–water partition coefficient (Wildman–Crippen LogP) is 3.92. The Balaban J connectivity index is 1.50. The van der Waals surface area contributed by atoms with E-state index in [-0.39, 0.29) is 47.1 Å². The number of aliphatic hydroxyl groups excluding tert-OH is 1. The molecule has 2 fully saturated rings. The molecule has 1 aromatic carbocycles. The Morgan fingerprint density at radius 1 is 1.22 bits per heavy atom. The highest BCUT2D eigenvalue weighted by molar-refractivity contribution is 9.10. The smallest absolute Gasteiger partial charge is 0.291 e. The lowest BCUT2D eigenvalue weighted by atomic mass is 9.57. The van der Waals surface area contributed by atoms with Gasteiger partial charge in [-0.2, -0.15) is 5.16 Å². The number of ketones is 2. The number of carbonyl (C=O) groups is 2. The molecule has 0 unspecified atom stereocenters. The molecule has 13 heteroatoms. The number of unbranched alkanes of at least 4 members (excludes halogenated alkanes) is 1. The van der Waals surface area contributed by atoms with Crippen molar-refractivity contribution in [2.45, 2.75) is 69.7 Å². The summed E-state index contributed by atoms with van der Waals surface area (Å²) in [5.41, 5.74) is -3.36. The molecule has 3 aliphatic carbocycles. The van der Waals surface area contributed by atoms with Crippen LogP contribution in [0.15, 0.2) is 19.4 Å². The SMILES string of the molecule is CCCCOc1c(Br)c(CN2CCC[C@H]2COC)c(F)c2c1C(O)=C1C(=O)[C@]3(O)C(=O)c4c(o[nH]c4=O)[C@@H](N(C)C)[C@@H]3C[C@@H]1C2. The zero-order chi connectivity index (χ0) is 32.4. The molecule has 2 aromatic rings. The minimum absolute atomic E-state index is 0.0447. The van der Waals surface area contributed by atoms with Gasteiger partial charge in [-0.05, 0) is 74.6 Å². The third-order valence-corrected chi connectivity index (χ3v) is 10.8. The van der Waals surface area contributed by atoms with Crippen LogP contribution in [0.2, 0.25) is 0 Å². The first-order chi connectivity index (χ1) is 21.5. The van der Waals surface area contributed by atoms with Gasteiger partial charge in [-0.25, -0.2) is 4.39 Å². The second-order valence-corrected chi connectivity index (χ2v) is 13.6. The molecule has 11 nitrogen and oxygen atoms in total. The van der Waals surface area contributed by atoms with Gasteiger partial charge in [0.25, 0.3) is 5.56 Å². The number of benzene rings is 1. The van der Waals surface area contributed by atoms with Crippen LogP contribution in [0.25, 0.3) is 5.76 Å². The summed E-state index contributed by atoms with van der Waals surface area (Å²) in [5.74, 6) is -4.53. The van der Waals surface area contributed by atoms with Gasteiger partial charge in [-0.15, -0.1) is 0 Å². The number of ether oxygens (including phenoxy) is 2. The first-order valence-corrected chi connectivity index (χ1v) is 16.3. The number of aliphatic hydroxyl groups is 2. The van der Waals surface area contributed by atoms with Gasteiger partial charge in [-0.3, -0.25) is 24.2 Å². The van der Waals surface area contributed by atoms with Crippen LogP contribution < -0.4 is 10.3 Å². The van der Waals surface area contributed by atoms with E-state index in [1.807, 2.05) is 6.92 Å². The monoisotopic (exact) mass is 691 g/mol. The first-order valence-electron chi connectivity index (χ1n) is 15.5. The number of halogens is 2. The average Bonchev–Trinajstić information content (AvgIpc) is 3.60. The number of methoxy groups -OCH3 is 1. The number of carbonyl (C=O) groups excluding carboxylic acids is 2. The van der Waals surface area contributed by atoms with Crippen molar-refractivity contribution < 1.29 is 38.2 Å². The van der Waals surface area contributed by atoms with Gasteiger partial charge >= 0.3 is 0 Å². The van der Waals surface area contributed by atoms with E-state index in [2.05, 4.69) is 26.0 Å². The van der Waals surface area contributed by atoms with Crippen molar-refractivity contribution in [2.75, 3.05) is 41.0 Å². The van der Waals surface area contributed by atoms with Gasteiger partial charge in [0.1, 0.15) is 22.9 Å². The lowest BCUT2D eigenvalue weighted by molar-refractivity contribution is -0.142. The van der Waals surface area contributed by atoms with Crippen molar-refractivity contribution in [3.8, 4) is 5.75 Å². The minimum atomic E-state index is -2.62. The summed E-state index contributed by atoms with van der Waals surface area (Å²) < 4.78 is 34.1. The molecule has 0 amide bonds. The van der Waals surface area contributed by atoms with Crippen molar-refractivity contribution in [1.29, 1.82) is 0 Å². The lowest BCUT2D eigenvalue weighted by Gasteiger charge is -2.49. The van der Waals surface area contributed by atoms with Crippen molar-refractivity contribution in [2.24, 2.45) is 11.8 Å². The Bertz CT molecular complexity index is 1630. The largest absolute Gasteiger partial charge is 0.507 e. The Morgan fingerprint density at radius 3 is 2.67 bits per heavy atom. The summed E-state index contributed by atoms with van der Waals surface area (Å²) in [7, 11) is 5.04. The van der Waals surface area contributed by atoms with E-state index in [0.717, 1.165) is 25.8 Å². The Labute approximate surface area is 268 Å². The number of hydrogen-bond donors (Lipinski definition) is 3. The van der Waals surface area contributed by atoms with E-state index in [0.29, 0.717) is 36.2 Å². The van der Waals surface area contributed by atoms with Crippen LogP contribution in [0.3, 0.4) is 0 Å². The second-order valence-electron chi connectivity index (χ2n) is 12.8. The molecular formula is C32H39BrFN3O8. The van der Waals surface area contributed by atoms with E-state index in [4.69, 9.17) is 14.0 Å². The maximum Gasteiger partial charge on any atom is 0.291 e. The number of likely N-dealkylation sites (tertiary alicyclic amines) is 1. The number of nitrogens with one attached hydrogen (secondary N) is 1. The first kappa shape index (κ1) is 32.1. The molecule has 6 rings (SSSR count). The van der Waals surface area contributed by atoms with E-state index < -0.39 is 57.7 Å². The van der Waals surface area contributed by atoms with E-state index in [1.54, 1.807) is 26.1 Å². The number of nitrogens with zero attached hydrogens (tertiary/aromatic N) is 2. The molecule has 0 bridgehead atoms. The zero-order valence-corrected chi connectivity index (χ0v) is 27.5. The predicted molar refractivity (Wildman–Crippen MR) is 165 cm³/mol. The van der Waals surface area contributed by atoms with Gasteiger partial charge in [0.2, 0.25) is 11.6 Å². The molecule has 0 spiro atoms. The minimum Gasteiger partial charge on any atom is -0.507 e. The fraction of sp³-hybridized carbons (Fsp3) is 0.594. The van der Waals surface area contributed by atoms with Gasteiger partial charge in [-0.1, -0.05) is 13.3 Å². The van der Waals surface area contributed by atoms with Gasteiger partial charge in [0, 0.05) is 42.3 Å². The number of hydrogen-bond acceptors (Lipinski definition) is 10. The van der Waals surface area contributed by atoms with Crippen molar-refractivity contribution in [1.82, 2.24) is 15.0 Å². The Kier molecular flexibility index (Phi) is 8.61. The van der Waals surface area contributed by atoms with E-state index >= 15 is 4.39 Å². The number of fused-ring (bicyclic) bond motifs is 4. The highest BCUT2D eigenvalue weighted by Crippen LogP contribution is 2.55. The Morgan fingerprint density at radius 2 is 1.98 bits per heavy atom. The van der Waals surface area contributed by atoms with Gasteiger partial charge < -0.3 is 24.2 Å². The third kappa shape index (κ3) is 4.84. The molecule has 5 atom stereocenters. The van der Waals surface area contributed by atoms with Gasteiger partial charge in [0.05, 0.1) is 29.3 Å². The summed E-state index contributed by atoms with van der Waals surface area (Å²) in [6, 6.07) is -0.664. The van der Waals surface area contributed by atoms with E-state index in [9.17, 15) is 24.6 Å². The molecule has 1 saturated heterocycles. The molecule has 244 valence electrons. The molecular weight excluding hydrogens is 653 g/mol. The van der Waals surface area contributed by atoms with Crippen LogP contribution in [0.5, 0.6) is 5.75 Å². The van der Waals surface area contributed by atoms with Crippen molar-refractivity contribution in [3.05, 3.63) is 54.2 Å². The summed E-state index contributed by atoms with van der Waals surface area (Å²) in [4.78, 5) is 44.4. The van der Waals surface area contributed by atoms with E-state index in [1.165, 1.54) is 0 Å². The van der Waals surface area contributed by atoms with Crippen molar-refractivity contribution >= 4 is 33.3 Å². The molecule has 0 radical (unpaired) electrons. The van der Waals surface area contributed by atoms with Crippen LogP contribution in [0.4, 0.5) is 4.39 Å². The topological polar surface area (TPSA) is 146 Å².